The van der Waals surface area contributed by atoms with E-state index < -0.39 is 28.6 Å². The molecule has 0 unspecified atom stereocenters. The highest BCUT2D eigenvalue weighted by Gasteiger charge is 2.44. The predicted molar refractivity (Wildman–Crippen MR) is 127 cm³/mol. The Morgan fingerprint density at radius 3 is 1.61 bits per heavy atom. The maximum Gasteiger partial charge on any atom is 0.346 e. The highest BCUT2D eigenvalue weighted by molar-refractivity contribution is 5.81. The van der Waals surface area contributed by atoms with Crippen molar-refractivity contribution in [2.45, 2.75) is 51.4 Å². The van der Waals surface area contributed by atoms with E-state index in [1.165, 1.54) is 26.0 Å². The maximum absolute atomic E-state index is 13.0. The Morgan fingerprint density at radius 2 is 1.19 bits per heavy atom. The van der Waals surface area contributed by atoms with Crippen LogP contribution in [0.5, 0.6) is 11.5 Å². The lowest BCUT2D eigenvalue weighted by atomic mass is 9.73. The van der Waals surface area contributed by atoms with Crippen LogP contribution in [0.2, 0.25) is 0 Å². The average molecular weight is 490 g/mol. The van der Waals surface area contributed by atoms with Crippen molar-refractivity contribution in [1.29, 1.82) is 0 Å². The smallest absolute Gasteiger partial charge is 0.346 e. The summed E-state index contributed by atoms with van der Waals surface area (Å²) >= 11 is 0. The van der Waals surface area contributed by atoms with Crippen LogP contribution >= 0.6 is 0 Å². The molecule has 2 aromatic heterocycles. The molecular weight excluding hydrogens is 468 g/mol. The number of ether oxygens (including phenoxy) is 2. The van der Waals surface area contributed by atoms with Crippen LogP contribution in [-0.2, 0) is 15.0 Å². The van der Waals surface area contributed by atoms with E-state index in [4.69, 9.17) is 18.3 Å². The minimum Gasteiger partial charge on any atom is -0.427 e. The van der Waals surface area contributed by atoms with Crippen molar-refractivity contribution < 1.29 is 27.9 Å². The molecule has 184 valence electrons. The van der Waals surface area contributed by atoms with Gasteiger partial charge in [-0.3, -0.25) is 9.59 Å². The van der Waals surface area contributed by atoms with Crippen molar-refractivity contribution >= 4 is 33.7 Å². The zero-order valence-corrected chi connectivity index (χ0v) is 19.7. The lowest BCUT2D eigenvalue weighted by Crippen LogP contribution is -2.34. The molecule has 0 bridgehead atoms. The molecule has 5 rings (SSSR count). The number of benzene rings is 2. The van der Waals surface area contributed by atoms with E-state index in [0.717, 1.165) is 19.3 Å². The summed E-state index contributed by atoms with van der Waals surface area (Å²) in [6.45, 7) is 2.53. The molecule has 0 atom stereocenters. The molecule has 2 heterocycles. The van der Waals surface area contributed by atoms with Crippen molar-refractivity contribution in [2.75, 3.05) is 0 Å². The fourth-order valence-electron chi connectivity index (χ4n) is 4.65. The van der Waals surface area contributed by atoms with Crippen molar-refractivity contribution in [3.8, 4) is 11.5 Å². The molecule has 10 heteroatoms. The van der Waals surface area contributed by atoms with E-state index in [9.17, 15) is 19.2 Å². The normalized spacial score (nSPS) is 15.1. The topological polar surface area (TPSA) is 139 Å². The second kappa shape index (κ2) is 9.03. The second-order valence-electron chi connectivity index (χ2n) is 8.80. The predicted octanol–water partition coefficient (Wildman–Crippen LogP) is 3.79. The van der Waals surface area contributed by atoms with Gasteiger partial charge in [-0.05, 0) is 49.2 Å². The van der Waals surface area contributed by atoms with E-state index in [-0.39, 0.29) is 34.1 Å². The molecule has 4 aromatic rings. The zero-order chi connectivity index (χ0) is 25.4. The Kier molecular flexibility index (Phi) is 5.87. The van der Waals surface area contributed by atoms with Crippen LogP contribution < -0.4 is 20.7 Å². The van der Waals surface area contributed by atoms with Crippen LogP contribution in [-0.4, -0.2) is 21.9 Å². The summed E-state index contributed by atoms with van der Waals surface area (Å²) in [7, 11) is 0. The molecule has 0 aliphatic heterocycles. The summed E-state index contributed by atoms with van der Waals surface area (Å²) in [5.41, 5.74) is -1.60. The lowest BCUT2D eigenvalue weighted by Gasteiger charge is -2.32. The van der Waals surface area contributed by atoms with Crippen LogP contribution in [0.3, 0.4) is 0 Å². The van der Waals surface area contributed by atoms with Gasteiger partial charge in [0, 0.05) is 13.8 Å². The van der Waals surface area contributed by atoms with Gasteiger partial charge in [-0.25, -0.2) is 19.6 Å². The molecule has 1 aliphatic carbocycles. The number of esters is 2. The highest BCUT2D eigenvalue weighted by Crippen LogP contribution is 2.43. The molecule has 2 aromatic carbocycles. The summed E-state index contributed by atoms with van der Waals surface area (Å²) in [6.07, 6.45) is 3.60. The quantitative estimate of drug-likeness (QED) is 0.307. The largest absolute Gasteiger partial charge is 0.427 e. The number of carbonyl (C=O) groups is 2. The Bertz CT molecular complexity index is 1510. The van der Waals surface area contributed by atoms with Crippen LogP contribution in [0, 0.1) is 0 Å². The minimum atomic E-state index is -1.01. The first-order chi connectivity index (χ1) is 17.2. The van der Waals surface area contributed by atoms with Crippen LogP contribution in [0.25, 0.3) is 21.8 Å². The van der Waals surface area contributed by atoms with Gasteiger partial charge in [0.05, 0.1) is 21.8 Å². The second-order valence-corrected chi connectivity index (χ2v) is 8.80. The van der Waals surface area contributed by atoms with Gasteiger partial charge in [0.15, 0.2) is 0 Å². The average Bonchev–Trinajstić information content (AvgIpc) is 2.84. The standard InChI is InChI=1S/C26H22N2O8/c1-14(29)33-16-6-8-20-18(12-16)22(31)35-24(27-20)26(10-4-3-5-11-26)25-28-21-9-7-17(34-15(2)30)13-19(21)23(32)36-25/h6-9,12-13H,3-5,10-11H2,1-2H3. The Morgan fingerprint density at radius 1 is 0.750 bits per heavy atom. The molecule has 0 spiro atoms. The van der Waals surface area contributed by atoms with Crippen molar-refractivity contribution in [3.63, 3.8) is 0 Å². The van der Waals surface area contributed by atoms with E-state index in [1.54, 1.807) is 24.3 Å². The Labute approximate surface area is 203 Å². The molecule has 0 saturated heterocycles. The van der Waals surface area contributed by atoms with Gasteiger partial charge < -0.3 is 18.3 Å². The van der Waals surface area contributed by atoms with Crippen molar-refractivity contribution in [3.05, 3.63) is 69.0 Å². The van der Waals surface area contributed by atoms with Crippen molar-refractivity contribution in [1.82, 2.24) is 9.97 Å². The fraction of sp³-hybridized carbons (Fsp3) is 0.308. The number of rotatable bonds is 4. The number of hydrogen-bond acceptors (Lipinski definition) is 10. The van der Waals surface area contributed by atoms with Gasteiger partial charge >= 0.3 is 23.2 Å². The molecule has 10 nitrogen and oxygen atoms in total. The summed E-state index contributed by atoms with van der Waals surface area (Å²) < 4.78 is 21.5. The van der Waals surface area contributed by atoms with Crippen LogP contribution in [0.15, 0.2) is 54.8 Å². The molecule has 0 N–H and O–H groups in total. The molecular formula is C26H22N2O8. The summed E-state index contributed by atoms with van der Waals surface area (Å²) in [5.74, 6) is -0.374. The van der Waals surface area contributed by atoms with E-state index in [2.05, 4.69) is 9.97 Å². The van der Waals surface area contributed by atoms with Gasteiger partial charge in [0.1, 0.15) is 16.9 Å². The zero-order valence-electron chi connectivity index (χ0n) is 19.7. The summed E-state index contributed by atoms with van der Waals surface area (Å²) in [4.78, 5) is 57.7. The Hall–Kier alpha value is -4.34. The third-order valence-electron chi connectivity index (χ3n) is 6.25. The SMILES string of the molecule is CC(=O)Oc1ccc2nc(C3(c4nc5ccc(OC(C)=O)cc5c(=O)o4)CCCCC3)oc(=O)c2c1. The molecule has 1 saturated carbocycles. The first kappa shape index (κ1) is 23.4. The first-order valence-corrected chi connectivity index (χ1v) is 11.5. The summed E-state index contributed by atoms with van der Waals surface area (Å²) in [5, 5.41) is 0.323. The number of nitrogens with zero attached hydrogens (tertiary/aromatic N) is 2. The van der Waals surface area contributed by atoms with E-state index in [0.29, 0.717) is 23.9 Å². The molecule has 1 fully saturated rings. The third-order valence-corrected chi connectivity index (χ3v) is 6.25. The maximum atomic E-state index is 13.0. The van der Waals surface area contributed by atoms with Gasteiger partial charge in [-0.1, -0.05) is 19.3 Å². The minimum absolute atomic E-state index is 0.117. The monoisotopic (exact) mass is 490 g/mol. The van der Waals surface area contributed by atoms with Gasteiger partial charge in [0.25, 0.3) is 0 Å². The van der Waals surface area contributed by atoms with Crippen LogP contribution in [0.1, 0.15) is 57.7 Å². The molecule has 0 radical (unpaired) electrons. The first-order valence-electron chi connectivity index (χ1n) is 11.5. The highest BCUT2D eigenvalue weighted by atomic mass is 16.5. The Balaban J connectivity index is 1.66. The lowest BCUT2D eigenvalue weighted by molar-refractivity contribution is -0.132. The summed E-state index contributed by atoms with van der Waals surface area (Å²) in [6, 6.07) is 9.05. The fourth-order valence-corrected chi connectivity index (χ4v) is 4.65. The van der Waals surface area contributed by atoms with Crippen LogP contribution in [0.4, 0.5) is 0 Å². The molecule has 0 amide bonds. The van der Waals surface area contributed by atoms with E-state index in [1.807, 2.05) is 0 Å². The molecule has 1 aliphatic rings. The molecule has 36 heavy (non-hydrogen) atoms. The number of aromatic nitrogens is 2. The van der Waals surface area contributed by atoms with Gasteiger partial charge in [-0.2, -0.15) is 0 Å². The number of fused-ring (bicyclic) bond motifs is 2. The van der Waals surface area contributed by atoms with Crippen molar-refractivity contribution in [2.24, 2.45) is 0 Å². The van der Waals surface area contributed by atoms with Gasteiger partial charge in [-0.15, -0.1) is 0 Å². The van der Waals surface area contributed by atoms with Gasteiger partial charge in [0.2, 0.25) is 11.8 Å². The third kappa shape index (κ3) is 4.26. The number of carbonyl (C=O) groups excluding carboxylic acids is 2. The van der Waals surface area contributed by atoms with E-state index >= 15 is 0 Å². The number of hydrogen-bond donors (Lipinski definition) is 0.